The molecule has 1 fully saturated rings. The van der Waals surface area contributed by atoms with E-state index in [9.17, 15) is 15.0 Å². The van der Waals surface area contributed by atoms with Crippen molar-refractivity contribution in [2.24, 2.45) is 0 Å². The number of ketones is 1. The minimum atomic E-state index is -0.555. The fourth-order valence-electron chi connectivity index (χ4n) is 6.58. The van der Waals surface area contributed by atoms with E-state index in [0.717, 1.165) is 22.4 Å². The Bertz CT molecular complexity index is 1790. The topological polar surface area (TPSA) is 70.0 Å². The summed E-state index contributed by atoms with van der Waals surface area (Å²) in [6.45, 7) is 16.5. The van der Waals surface area contributed by atoms with E-state index in [1.807, 2.05) is 26.8 Å². The lowest BCUT2D eigenvalue weighted by atomic mass is 9.90. The van der Waals surface area contributed by atoms with Gasteiger partial charge in [0, 0.05) is 44.2 Å². The number of likely N-dealkylation sites (tertiary alicyclic amines) is 1. The number of ether oxygens (including phenoxy) is 1. The van der Waals surface area contributed by atoms with Gasteiger partial charge in [0.25, 0.3) is 0 Å². The van der Waals surface area contributed by atoms with Crippen molar-refractivity contribution >= 4 is 27.2 Å². The van der Waals surface area contributed by atoms with Crippen LogP contribution in [0.5, 0.6) is 17.2 Å². The van der Waals surface area contributed by atoms with Crippen molar-refractivity contribution in [2.75, 3.05) is 6.61 Å². The van der Waals surface area contributed by atoms with Crippen LogP contribution in [0.15, 0.2) is 36.3 Å². The molecule has 0 bridgehead atoms. The molecule has 5 nitrogen and oxygen atoms in total. The van der Waals surface area contributed by atoms with Gasteiger partial charge in [0.2, 0.25) is 0 Å². The number of nitrogens with zero attached hydrogens (tertiary/aromatic N) is 1. The lowest BCUT2D eigenvalue weighted by Crippen LogP contribution is -2.50. The number of piperidine rings is 1. The monoisotopic (exact) mass is 588 g/mol. The summed E-state index contributed by atoms with van der Waals surface area (Å²) in [5.41, 5.74) is 4.53. The third kappa shape index (κ3) is 5.31. The highest BCUT2D eigenvalue weighted by Gasteiger charge is 2.30. The van der Waals surface area contributed by atoms with Gasteiger partial charge in [-0.05, 0) is 138 Å². The Hall–Kier alpha value is -3.35. The lowest BCUT2D eigenvalue weighted by molar-refractivity contribution is 0.0396. The van der Waals surface area contributed by atoms with Gasteiger partial charge < -0.3 is 14.9 Å². The summed E-state index contributed by atoms with van der Waals surface area (Å²) < 4.78 is 32.5. The number of carbonyl (C=O) groups excluding carboxylic acids is 1. The van der Waals surface area contributed by atoms with Crippen molar-refractivity contribution in [3.05, 3.63) is 75.3 Å². The van der Waals surface area contributed by atoms with Gasteiger partial charge in [0.05, 0.1) is 4.11 Å². The summed E-state index contributed by atoms with van der Waals surface area (Å²) in [6, 6.07) is 5.61. The maximum absolute atomic E-state index is 14.6. The Kier molecular flexibility index (Phi) is 7.35. The number of aryl methyl sites for hydroxylation is 1. The number of aromatic hydroxyl groups is 2. The lowest BCUT2D eigenvalue weighted by Gasteiger charge is -2.42. The summed E-state index contributed by atoms with van der Waals surface area (Å²) in [5.74, 6) is 0.0474. The SMILES string of the molecule is [2H]c1c([2H])c(-c2sc3cc(O)c(C)c(C)c3c2C(=O)c2ccc(OCC(C)N3C(C)CCCC3C)c(C)c2C)c(C)c([2H])c1O. The largest absolute Gasteiger partial charge is 0.508 e. The van der Waals surface area contributed by atoms with Crippen LogP contribution in [0.25, 0.3) is 20.5 Å². The summed E-state index contributed by atoms with van der Waals surface area (Å²) in [5, 5.41) is 21.6. The van der Waals surface area contributed by atoms with E-state index >= 15 is 0 Å². The fourth-order valence-corrected chi connectivity index (χ4v) is 7.93. The van der Waals surface area contributed by atoms with Crippen molar-refractivity contribution in [3.8, 4) is 27.7 Å². The molecule has 1 aromatic heterocycles. The molecular formula is C36H43NO4S. The average molecular weight is 589 g/mol. The molecule has 1 saturated heterocycles. The van der Waals surface area contributed by atoms with Crippen molar-refractivity contribution in [1.82, 2.24) is 4.90 Å². The summed E-state index contributed by atoms with van der Waals surface area (Å²) in [7, 11) is 0. The molecule has 0 radical (unpaired) electrons. The van der Waals surface area contributed by atoms with E-state index in [0.29, 0.717) is 55.9 Å². The molecule has 0 saturated carbocycles. The second-order valence-electron chi connectivity index (χ2n) is 12.0. The van der Waals surface area contributed by atoms with E-state index in [1.54, 1.807) is 26.0 Å². The first-order valence-electron chi connectivity index (χ1n) is 16.3. The Morgan fingerprint density at radius 2 is 1.74 bits per heavy atom. The van der Waals surface area contributed by atoms with E-state index in [4.69, 9.17) is 8.85 Å². The van der Waals surface area contributed by atoms with Crippen LogP contribution < -0.4 is 4.74 Å². The quantitative estimate of drug-likeness (QED) is 0.211. The number of phenols is 2. The van der Waals surface area contributed by atoms with Gasteiger partial charge in [-0.3, -0.25) is 9.69 Å². The molecule has 3 atom stereocenters. The van der Waals surface area contributed by atoms with Crippen LogP contribution in [0.4, 0.5) is 0 Å². The molecule has 4 aromatic rings. The van der Waals surface area contributed by atoms with Gasteiger partial charge in [-0.2, -0.15) is 0 Å². The first-order chi connectivity index (χ1) is 21.2. The van der Waals surface area contributed by atoms with E-state index in [1.165, 1.54) is 30.6 Å². The van der Waals surface area contributed by atoms with Crippen LogP contribution in [0.3, 0.4) is 0 Å². The highest BCUT2D eigenvalue weighted by atomic mass is 32.1. The smallest absolute Gasteiger partial charge is 0.195 e. The van der Waals surface area contributed by atoms with E-state index in [2.05, 4.69) is 25.7 Å². The Balaban J connectivity index is 1.60. The van der Waals surface area contributed by atoms with Crippen LogP contribution in [-0.2, 0) is 0 Å². The molecular weight excluding hydrogens is 542 g/mol. The Morgan fingerprint density at radius 1 is 1.05 bits per heavy atom. The van der Waals surface area contributed by atoms with Crippen LogP contribution in [0.2, 0.25) is 0 Å². The Labute approximate surface area is 258 Å². The molecule has 2 heterocycles. The molecule has 0 spiro atoms. The minimum absolute atomic E-state index is 0.110. The zero-order valence-electron chi connectivity index (χ0n) is 28.9. The number of thiophene rings is 1. The van der Waals surface area contributed by atoms with Gasteiger partial charge in [-0.15, -0.1) is 11.3 Å². The highest BCUT2D eigenvalue weighted by Crippen LogP contribution is 2.45. The third-order valence-corrected chi connectivity index (χ3v) is 10.4. The second kappa shape index (κ2) is 11.7. The zero-order valence-corrected chi connectivity index (χ0v) is 26.7. The number of benzene rings is 3. The summed E-state index contributed by atoms with van der Waals surface area (Å²) >= 11 is 1.25. The molecule has 1 aliphatic rings. The average Bonchev–Trinajstić information content (AvgIpc) is 3.37. The van der Waals surface area contributed by atoms with Crippen molar-refractivity contribution < 1.29 is 23.9 Å². The molecule has 3 aromatic carbocycles. The van der Waals surface area contributed by atoms with Crippen LogP contribution in [0, 0.1) is 34.6 Å². The number of carbonyl (C=O) groups is 1. The number of rotatable bonds is 7. The van der Waals surface area contributed by atoms with E-state index in [-0.39, 0.29) is 35.2 Å². The highest BCUT2D eigenvalue weighted by molar-refractivity contribution is 7.23. The minimum Gasteiger partial charge on any atom is -0.508 e. The van der Waals surface area contributed by atoms with Crippen molar-refractivity contribution in [3.63, 3.8) is 0 Å². The summed E-state index contributed by atoms with van der Waals surface area (Å²) in [4.78, 5) is 17.6. The van der Waals surface area contributed by atoms with Crippen molar-refractivity contribution in [1.29, 1.82) is 0 Å². The molecule has 3 unspecified atom stereocenters. The number of hydrogen-bond donors (Lipinski definition) is 2. The van der Waals surface area contributed by atoms with Crippen LogP contribution in [-0.4, -0.2) is 45.6 Å². The maximum atomic E-state index is 14.6. The normalized spacial score (nSPS) is 19.4. The van der Waals surface area contributed by atoms with Gasteiger partial charge in [0.15, 0.2) is 5.78 Å². The zero-order chi connectivity index (χ0) is 33.1. The molecule has 0 aliphatic carbocycles. The predicted octanol–water partition coefficient (Wildman–Crippen LogP) is 8.78. The Morgan fingerprint density at radius 3 is 2.43 bits per heavy atom. The summed E-state index contributed by atoms with van der Waals surface area (Å²) in [6.07, 6.45) is 3.64. The van der Waals surface area contributed by atoms with Gasteiger partial charge in [-0.25, -0.2) is 0 Å². The first kappa shape index (κ1) is 26.3. The first-order valence-corrected chi connectivity index (χ1v) is 15.6. The molecule has 42 heavy (non-hydrogen) atoms. The fraction of sp³-hybridized carbons (Fsp3) is 0.417. The van der Waals surface area contributed by atoms with Gasteiger partial charge >= 0.3 is 0 Å². The second-order valence-corrected chi connectivity index (χ2v) is 13.0. The standard InChI is InChI=1S/C36H43NO4S/c1-19-16-27(38)12-13-28(19)36-34(33-26(8)24(6)30(39)17-32(33)42-36)35(40)29-14-15-31(25(7)23(29)5)41-18-22(4)37-20(2)10-9-11-21(37)3/h12-17,20-22,38-39H,9-11,18H2,1-8H3/i12D,13D,16D. The van der Waals surface area contributed by atoms with Crippen LogP contribution in [0.1, 0.15) is 87.9 Å². The van der Waals surface area contributed by atoms with Gasteiger partial charge in [-0.1, -0.05) is 6.42 Å². The molecule has 5 rings (SSSR count). The molecule has 1 aliphatic heterocycles. The molecule has 2 N–H and O–H groups in total. The third-order valence-electron chi connectivity index (χ3n) is 9.20. The number of fused-ring (bicyclic) bond motifs is 1. The molecule has 0 amide bonds. The maximum Gasteiger partial charge on any atom is 0.195 e. The van der Waals surface area contributed by atoms with E-state index < -0.39 is 11.8 Å². The molecule has 222 valence electrons. The number of hydrogen-bond acceptors (Lipinski definition) is 6. The van der Waals surface area contributed by atoms with Gasteiger partial charge in [0.1, 0.15) is 23.9 Å². The predicted molar refractivity (Wildman–Crippen MR) is 174 cm³/mol. The van der Waals surface area contributed by atoms with Crippen LogP contribution >= 0.6 is 11.3 Å². The molecule has 6 heteroatoms. The van der Waals surface area contributed by atoms with Crippen molar-refractivity contribution in [2.45, 2.75) is 92.8 Å². The number of phenolic OH excluding ortho intramolecular Hbond substituents is 2.